The molecule has 0 amide bonds. The molecule has 0 aliphatic carbocycles. The van der Waals surface area contributed by atoms with Crippen molar-refractivity contribution in [3.05, 3.63) is 27.7 Å². The Morgan fingerprint density at radius 2 is 2.44 bits per heavy atom. The van der Waals surface area contributed by atoms with Crippen molar-refractivity contribution in [2.75, 3.05) is 20.3 Å². The van der Waals surface area contributed by atoms with Crippen LogP contribution in [-0.2, 0) is 6.42 Å². The lowest BCUT2D eigenvalue weighted by molar-refractivity contribution is 0.326. The number of fused-ring (bicyclic) bond motifs is 1. The van der Waals surface area contributed by atoms with E-state index in [9.17, 15) is 0 Å². The van der Waals surface area contributed by atoms with Crippen LogP contribution in [0.2, 0.25) is 0 Å². The lowest BCUT2D eigenvalue weighted by atomic mass is 10.1. The minimum Gasteiger partial charge on any atom is -0.493 e. The molecule has 0 radical (unpaired) electrons. The Morgan fingerprint density at radius 1 is 1.62 bits per heavy atom. The molecule has 0 spiro atoms. The van der Waals surface area contributed by atoms with Crippen molar-refractivity contribution < 1.29 is 9.47 Å². The van der Waals surface area contributed by atoms with Gasteiger partial charge in [-0.25, -0.2) is 0 Å². The number of rotatable bonds is 3. The molecule has 0 fully saturated rings. The first-order chi connectivity index (χ1) is 7.77. The molecule has 0 aromatic heterocycles. The number of hydrogen-bond acceptors (Lipinski definition) is 3. The second-order valence-corrected chi connectivity index (χ2v) is 4.32. The van der Waals surface area contributed by atoms with Gasteiger partial charge in [0.15, 0.2) is 11.5 Å². The summed E-state index contributed by atoms with van der Waals surface area (Å²) in [5, 5.41) is 0. The van der Waals surface area contributed by atoms with Crippen molar-refractivity contribution in [2.45, 2.75) is 6.42 Å². The number of methoxy groups -OCH3 is 1. The van der Waals surface area contributed by atoms with Gasteiger partial charge in [-0.05, 0) is 27.6 Å². The van der Waals surface area contributed by atoms with Crippen molar-refractivity contribution >= 4 is 22.0 Å². The van der Waals surface area contributed by atoms with Crippen LogP contribution in [0, 0.1) is 0 Å². The predicted octanol–water partition coefficient (Wildman–Crippen LogP) is 2.36. The summed E-state index contributed by atoms with van der Waals surface area (Å²) in [6.45, 7) is 1.25. The van der Waals surface area contributed by atoms with Crippen molar-refractivity contribution in [3.8, 4) is 11.5 Å². The Hall–Kier alpha value is -1.00. The van der Waals surface area contributed by atoms with Crippen molar-refractivity contribution in [1.29, 1.82) is 0 Å². The van der Waals surface area contributed by atoms with Gasteiger partial charge in [0.1, 0.15) is 0 Å². The number of ether oxygens (including phenoxy) is 2. The highest BCUT2D eigenvalue weighted by atomic mass is 79.9. The molecule has 0 saturated carbocycles. The molecular weight excluding hydrogens is 270 g/mol. The Balaban J connectivity index is 2.51. The summed E-state index contributed by atoms with van der Waals surface area (Å²) in [4.78, 5) is 0. The minimum absolute atomic E-state index is 0.530. The highest BCUT2D eigenvalue weighted by Gasteiger charge is 2.22. The Bertz CT molecular complexity index is 430. The van der Waals surface area contributed by atoms with Gasteiger partial charge in [0.2, 0.25) is 0 Å². The molecule has 1 aliphatic heterocycles. The summed E-state index contributed by atoms with van der Waals surface area (Å²) < 4.78 is 12.0. The van der Waals surface area contributed by atoms with Crippen LogP contribution in [0.25, 0.3) is 6.08 Å². The summed E-state index contributed by atoms with van der Waals surface area (Å²) in [5.74, 6) is 1.65. The zero-order valence-corrected chi connectivity index (χ0v) is 10.7. The van der Waals surface area contributed by atoms with E-state index in [1.165, 1.54) is 5.56 Å². The van der Waals surface area contributed by atoms with Gasteiger partial charge in [-0.3, -0.25) is 0 Å². The highest BCUT2D eigenvalue weighted by Crippen LogP contribution is 2.42. The van der Waals surface area contributed by atoms with Gasteiger partial charge in [-0.15, -0.1) is 0 Å². The van der Waals surface area contributed by atoms with Crippen LogP contribution in [0.1, 0.15) is 11.1 Å². The maximum atomic E-state index is 5.56. The predicted molar refractivity (Wildman–Crippen MR) is 68.0 cm³/mol. The smallest absolute Gasteiger partial charge is 0.165 e. The van der Waals surface area contributed by atoms with Crippen LogP contribution in [0.5, 0.6) is 11.5 Å². The van der Waals surface area contributed by atoms with Crippen molar-refractivity contribution in [1.82, 2.24) is 0 Å². The van der Waals surface area contributed by atoms with Crippen molar-refractivity contribution in [3.63, 3.8) is 0 Å². The molecule has 4 heteroatoms. The third-order valence-corrected chi connectivity index (χ3v) is 3.49. The van der Waals surface area contributed by atoms with E-state index in [4.69, 9.17) is 15.2 Å². The molecule has 16 heavy (non-hydrogen) atoms. The summed E-state index contributed by atoms with van der Waals surface area (Å²) >= 11 is 3.60. The van der Waals surface area contributed by atoms with Crippen LogP contribution in [0.3, 0.4) is 0 Å². The first-order valence-corrected chi connectivity index (χ1v) is 5.96. The van der Waals surface area contributed by atoms with Gasteiger partial charge < -0.3 is 15.2 Å². The van der Waals surface area contributed by atoms with E-state index < -0.39 is 0 Å². The van der Waals surface area contributed by atoms with E-state index in [1.54, 1.807) is 7.11 Å². The fraction of sp³-hybridized carbons (Fsp3) is 0.333. The van der Waals surface area contributed by atoms with Gasteiger partial charge >= 0.3 is 0 Å². The molecule has 86 valence electrons. The number of benzene rings is 1. The zero-order chi connectivity index (χ0) is 11.5. The van der Waals surface area contributed by atoms with E-state index in [0.717, 1.165) is 28.0 Å². The maximum Gasteiger partial charge on any atom is 0.165 e. The average Bonchev–Trinajstić information content (AvgIpc) is 2.78. The van der Waals surface area contributed by atoms with Crippen LogP contribution in [-0.4, -0.2) is 20.3 Å². The lowest BCUT2D eigenvalue weighted by Crippen LogP contribution is -1.94. The molecule has 0 bridgehead atoms. The molecule has 0 unspecified atom stereocenters. The Kier molecular flexibility index (Phi) is 3.51. The molecule has 1 aliphatic rings. The first-order valence-electron chi connectivity index (χ1n) is 5.16. The van der Waals surface area contributed by atoms with Crippen molar-refractivity contribution in [2.24, 2.45) is 5.73 Å². The zero-order valence-electron chi connectivity index (χ0n) is 9.13. The molecule has 1 heterocycles. The Labute approximate surface area is 103 Å². The van der Waals surface area contributed by atoms with Gasteiger partial charge in [0.25, 0.3) is 0 Å². The second kappa shape index (κ2) is 4.89. The summed E-state index contributed by atoms with van der Waals surface area (Å²) in [6.07, 6.45) is 4.82. The van der Waals surface area contributed by atoms with E-state index in [1.807, 2.05) is 18.2 Å². The standard InChI is InChI=1S/C12H14BrNO2/c1-15-10-7-8(3-2-5-14)11(13)9-4-6-16-12(9)10/h2-3,7H,4-6,14H2,1H3/b3-2+. The van der Waals surface area contributed by atoms with Crippen LogP contribution < -0.4 is 15.2 Å². The summed E-state index contributed by atoms with van der Waals surface area (Å²) in [7, 11) is 1.65. The summed E-state index contributed by atoms with van der Waals surface area (Å²) in [5.41, 5.74) is 7.70. The van der Waals surface area contributed by atoms with E-state index in [0.29, 0.717) is 13.2 Å². The lowest BCUT2D eigenvalue weighted by Gasteiger charge is -2.10. The van der Waals surface area contributed by atoms with Crippen LogP contribution >= 0.6 is 15.9 Å². The molecular formula is C12H14BrNO2. The average molecular weight is 284 g/mol. The third-order valence-electron chi connectivity index (χ3n) is 2.55. The quantitative estimate of drug-likeness (QED) is 0.926. The minimum atomic E-state index is 0.530. The van der Waals surface area contributed by atoms with Crippen LogP contribution in [0.4, 0.5) is 0 Å². The fourth-order valence-corrected chi connectivity index (χ4v) is 2.42. The maximum absolute atomic E-state index is 5.56. The molecule has 3 nitrogen and oxygen atoms in total. The number of hydrogen-bond donors (Lipinski definition) is 1. The number of halogens is 1. The second-order valence-electron chi connectivity index (χ2n) is 3.53. The van der Waals surface area contributed by atoms with E-state index in [-0.39, 0.29) is 0 Å². The third kappa shape index (κ3) is 1.95. The topological polar surface area (TPSA) is 44.5 Å². The van der Waals surface area contributed by atoms with E-state index in [2.05, 4.69) is 15.9 Å². The van der Waals surface area contributed by atoms with E-state index >= 15 is 0 Å². The van der Waals surface area contributed by atoms with Gasteiger partial charge in [-0.1, -0.05) is 12.2 Å². The largest absolute Gasteiger partial charge is 0.493 e. The SMILES string of the molecule is COc1cc(/C=C/CN)c(Br)c2c1OCC2. The number of nitrogens with two attached hydrogens (primary N) is 1. The summed E-state index contributed by atoms with van der Waals surface area (Å²) in [6, 6.07) is 1.96. The molecule has 0 saturated heterocycles. The van der Waals surface area contributed by atoms with Gasteiger partial charge in [-0.2, -0.15) is 0 Å². The fourth-order valence-electron chi connectivity index (χ4n) is 1.80. The Morgan fingerprint density at radius 3 is 3.12 bits per heavy atom. The molecule has 2 rings (SSSR count). The molecule has 1 aromatic carbocycles. The van der Waals surface area contributed by atoms with Crippen LogP contribution in [0.15, 0.2) is 16.6 Å². The van der Waals surface area contributed by atoms with Gasteiger partial charge in [0.05, 0.1) is 13.7 Å². The highest BCUT2D eigenvalue weighted by molar-refractivity contribution is 9.10. The van der Waals surface area contributed by atoms with Gasteiger partial charge in [0, 0.05) is 23.0 Å². The monoisotopic (exact) mass is 283 g/mol. The molecule has 1 aromatic rings. The normalized spacial score (nSPS) is 13.9. The molecule has 2 N–H and O–H groups in total. The molecule has 0 atom stereocenters. The first kappa shape index (κ1) is 11.5.